The number of fused-ring (bicyclic) bond motifs is 3. The van der Waals surface area contributed by atoms with Gasteiger partial charge in [-0.2, -0.15) is 0 Å². The number of rotatable bonds is 7. The van der Waals surface area contributed by atoms with Crippen LogP contribution >= 0.6 is 0 Å². The number of phenols is 1. The van der Waals surface area contributed by atoms with Gasteiger partial charge >= 0.3 is 0 Å². The number of hydrogen-bond donors (Lipinski definition) is 2. The lowest BCUT2D eigenvalue weighted by molar-refractivity contribution is 0.172. The van der Waals surface area contributed by atoms with Crippen molar-refractivity contribution in [2.24, 2.45) is 0 Å². The van der Waals surface area contributed by atoms with Crippen molar-refractivity contribution in [2.45, 2.75) is 12.2 Å². The van der Waals surface area contributed by atoms with Gasteiger partial charge in [-0.1, -0.05) is 109 Å². The number of aromatic hydroxyl groups is 1. The van der Waals surface area contributed by atoms with Crippen LogP contribution in [0.1, 0.15) is 33.4 Å². The predicted molar refractivity (Wildman–Crippen MR) is 178 cm³/mol. The van der Waals surface area contributed by atoms with E-state index in [0.717, 1.165) is 50.3 Å². The van der Waals surface area contributed by atoms with Crippen molar-refractivity contribution < 1.29 is 24.4 Å². The van der Waals surface area contributed by atoms with Gasteiger partial charge in [-0.05, 0) is 35.4 Å². The number of ether oxygens (including phenoxy) is 3. The van der Waals surface area contributed by atoms with Gasteiger partial charge in [-0.15, -0.1) is 0 Å². The first-order chi connectivity index (χ1) is 22.1. The van der Waals surface area contributed by atoms with Gasteiger partial charge in [0.25, 0.3) is 0 Å². The van der Waals surface area contributed by atoms with Crippen molar-refractivity contribution in [3.05, 3.63) is 167 Å². The zero-order valence-corrected chi connectivity index (χ0v) is 25.0. The highest BCUT2D eigenvalue weighted by molar-refractivity contribution is 6.11. The lowest BCUT2D eigenvalue weighted by Gasteiger charge is -2.44. The quantitative estimate of drug-likeness (QED) is 0.195. The number of methoxy groups -OCH3 is 2. The number of aliphatic hydroxyl groups is 1. The van der Waals surface area contributed by atoms with Crippen LogP contribution < -0.4 is 14.2 Å². The maximum absolute atomic E-state index is 11.6. The van der Waals surface area contributed by atoms with Gasteiger partial charge in [0.05, 0.1) is 20.8 Å². The third-order valence-corrected chi connectivity index (χ3v) is 8.62. The average Bonchev–Trinajstić information content (AvgIpc) is 3.12. The first-order valence-electron chi connectivity index (χ1n) is 14.8. The van der Waals surface area contributed by atoms with Gasteiger partial charge in [0.1, 0.15) is 23.0 Å². The summed E-state index contributed by atoms with van der Waals surface area (Å²) >= 11 is 0. The van der Waals surface area contributed by atoms with Gasteiger partial charge in [0.2, 0.25) is 0 Å². The Morgan fingerprint density at radius 3 is 1.60 bits per heavy atom. The standard InChI is InChI=1S/C40H32O5/c1-43-30-21-17-28(18-22-30)40(29-19-23-31(44-2)24-20-29)37(27-13-7-4-8-14-27)35(26-11-5-3-6-12-26)36-34(25-41)38(42)32-15-9-10-16-33(32)39(36)45-40/h3-24,41-42H,25H2,1-2H3. The van der Waals surface area contributed by atoms with Crippen molar-refractivity contribution >= 4 is 21.9 Å². The Morgan fingerprint density at radius 1 is 0.600 bits per heavy atom. The molecule has 5 heteroatoms. The Balaban J connectivity index is 1.74. The normalized spacial score (nSPS) is 13.7. The third kappa shape index (κ3) is 4.52. The fourth-order valence-corrected chi connectivity index (χ4v) is 6.54. The van der Waals surface area contributed by atoms with E-state index in [1.807, 2.05) is 109 Å². The van der Waals surface area contributed by atoms with Crippen LogP contribution in [0.4, 0.5) is 0 Å². The minimum Gasteiger partial charge on any atom is -0.507 e. The zero-order valence-electron chi connectivity index (χ0n) is 25.0. The third-order valence-electron chi connectivity index (χ3n) is 8.62. The van der Waals surface area contributed by atoms with Crippen molar-refractivity contribution in [1.82, 2.24) is 0 Å². The topological polar surface area (TPSA) is 68.2 Å². The van der Waals surface area contributed by atoms with Crippen LogP contribution in [-0.2, 0) is 12.2 Å². The van der Waals surface area contributed by atoms with Crippen LogP contribution in [0, 0.1) is 0 Å². The summed E-state index contributed by atoms with van der Waals surface area (Å²) in [5.41, 5.74) is 5.27. The van der Waals surface area contributed by atoms with E-state index in [1.165, 1.54) is 0 Å². The molecule has 0 aromatic heterocycles. The van der Waals surface area contributed by atoms with E-state index in [2.05, 4.69) is 24.3 Å². The molecule has 1 aliphatic heterocycles. The Bertz CT molecular complexity index is 1970. The molecule has 6 aromatic rings. The molecule has 0 fully saturated rings. The van der Waals surface area contributed by atoms with E-state index >= 15 is 0 Å². The highest BCUT2D eigenvalue weighted by atomic mass is 16.5. The molecule has 0 spiro atoms. The molecule has 0 atom stereocenters. The van der Waals surface area contributed by atoms with Crippen LogP contribution in [-0.4, -0.2) is 24.4 Å². The van der Waals surface area contributed by atoms with Gasteiger partial charge in [-0.3, -0.25) is 0 Å². The SMILES string of the molecule is COc1ccc(C2(c3ccc(OC)cc3)Oc3c(c(CO)c(O)c4ccccc34)C(c3ccccc3)=C2c2ccccc2)cc1. The highest BCUT2D eigenvalue weighted by Gasteiger charge is 2.48. The number of aliphatic hydroxyl groups excluding tert-OH is 1. The van der Waals surface area contributed by atoms with Crippen LogP contribution in [0.3, 0.4) is 0 Å². The van der Waals surface area contributed by atoms with Crippen molar-refractivity contribution in [3.8, 4) is 23.0 Å². The Kier molecular flexibility index (Phi) is 7.24. The maximum Gasteiger partial charge on any atom is 0.185 e. The second kappa shape index (κ2) is 11.5. The minimum absolute atomic E-state index is 0.0395. The molecule has 222 valence electrons. The second-order valence-corrected chi connectivity index (χ2v) is 11.0. The summed E-state index contributed by atoms with van der Waals surface area (Å²) in [5.74, 6) is 2.08. The summed E-state index contributed by atoms with van der Waals surface area (Å²) in [6, 6.07) is 43.8. The second-order valence-electron chi connectivity index (χ2n) is 11.0. The van der Waals surface area contributed by atoms with Crippen molar-refractivity contribution in [2.75, 3.05) is 14.2 Å². The summed E-state index contributed by atoms with van der Waals surface area (Å²) in [4.78, 5) is 0. The number of benzene rings is 6. The molecule has 6 aromatic carbocycles. The van der Waals surface area contributed by atoms with Gasteiger partial charge in [-0.25, -0.2) is 0 Å². The summed E-state index contributed by atoms with van der Waals surface area (Å²) in [6.07, 6.45) is 0. The fourth-order valence-electron chi connectivity index (χ4n) is 6.54. The Morgan fingerprint density at radius 2 is 1.09 bits per heavy atom. The summed E-state index contributed by atoms with van der Waals surface area (Å²) in [5, 5.41) is 23.9. The highest BCUT2D eigenvalue weighted by Crippen LogP contribution is 2.59. The zero-order chi connectivity index (χ0) is 31.0. The molecule has 0 amide bonds. The summed E-state index contributed by atoms with van der Waals surface area (Å²) in [7, 11) is 3.30. The van der Waals surface area contributed by atoms with Crippen LogP contribution in [0.15, 0.2) is 133 Å². The van der Waals surface area contributed by atoms with Gasteiger partial charge in [0, 0.05) is 44.2 Å². The molecule has 5 nitrogen and oxygen atoms in total. The Labute approximate surface area is 262 Å². The molecule has 0 unspecified atom stereocenters. The maximum atomic E-state index is 11.6. The first-order valence-corrected chi connectivity index (χ1v) is 14.8. The fraction of sp³-hybridized carbons (Fsp3) is 0.100. The molecule has 2 N–H and O–H groups in total. The summed E-state index contributed by atoms with van der Waals surface area (Å²) < 4.78 is 18.6. The van der Waals surface area contributed by atoms with Crippen molar-refractivity contribution in [3.63, 3.8) is 0 Å². The molecule has 0 saturated carbocycles. The van der Waals surface area contributed by atoms with Crippen LogP contribution in [0.25, 0.3) is 21.9 Å². The van der Waals surface area contributed by atoms with Gasteiger partial charge in [0.15, 0.2) is 5.60 Å². The minimum atomic E-state index is -1.18. The molecule has 1 aliphatic rings. The smallest absolute Gasteiger partial charge is 0.185 e. The average molecular weight is 593 g/mol. The first kappa shape index (κ1) is 28.3. The predicted octanol–water partition coefficient (Wildman–Crippen LogP) is 8.35. The van der Waals surface area contributed by atoms with E-state index < -0.39 is 5.60 Å². The molecular weight excluding hydrogens is 560 g/mol. The van der Waals surface area contributed by atoms with E-state index in [-0.39, 0.29) is 12.4 Å². The molecule has 45 heavy (non-hydrogen) atoms. The van der Waals surface area contributed by atoms with Gasteiger partial charge < -0.3 is 24.4 Å². The van der Waals surface area contributed by atoms with Crippen molar-refractivity contribution in [1.29, 1.82) is 0 Å². The molecule has 0 saturated heterocycles. The molecule has 0 bridgehead atoms. The lowest BCUT2D eigenvalue weighted by atomic mass is 9.70. The molecular formula is C40H32O5. The largest absolute Gasteiger partial charge is 0.507 e. The Hall–Kier alpha value is -5.52. The van der Waals surface area contributed by atoms with E-state index in [9.17, 15) is 10.2 Å². The summed E-state index contributed by atoms with van der Waals surface area (Å²) in [6.45, 7) is -0.376. The molecule has 7 rings (SSSR count). The monoisotopic (exact) mass is 592 g/mol. The number of hydrogen-bond acceptors (Lipinski definition) is 5. The molecule has 0 aliphatic carbocycles. The molecule has 1 heterocycles. The van der Waals surface area contributed by atoms with E-state index in [0.29, 0.717) is 22.3 Å². The lowest BCUT2D eigenvalue weighted by Crippen LogP contribution is -2.39. The van der Waals surface area contributed by atoms with E-state index in [1.54, 1.807) is 14.2 Å². The molecule has 0 radical (unpaired) electrons. The van der Waals surface area contributed by atoms with Crippen LogP contribution in [0.2, 0.25) is 0 Å². The van der Waals surface area contributed by atoms with Crippen LogP contribution in [0.5, 0.6) is 23.0 Å². The van der Waals surface area contributed by atoms with E-state index in [4.69, 9.17) is 14.2 Å².